The largest absolute Gasteiger partial charge is 0.309 e. The van der Waals surface area contributed by atoms with Gasteiger partial charge < -0.3 is 9.13 Å². The number of fused-ring (bicyclic) bond motifs is 16. The highest BCUT2D eigenvalue weighted by Gasteiger charge is 2.26. The lowest BCUT2D eigenvalue weighted by atomic mass is 9.89. The van der Waals surface area contributed by atoms with E-state index in [0.717, 1.165) is 0 Å². The zero-order valence-electron chi connectivity index (χ0n) is 30.3. The van der Waals surface area contributed by atoms with Crippen LogP contribution < -0.4 is 0 Å². The zero-order valence-corrected chi connectivity index (χ0v) is 30.3. The smallest absolute Gasteiger partial charge is 0.0626 e. The average molecular weight is 699 g/mol. The Morgan fingerprint density at radius 1 is 0.309 bits per heavy atom. The molecule has 0 saturated heterocycles. The number of benzene rings is 10. The summed E-state index contributed by atoms with van der Waals surface area (Å²) in [4.78, 5) is 0. The Morgan fingerprint density at radius 3 is 1.40 bits per heavy atom. The second-order valence-corrected chi connectivity index (χ2v) is 14.9. The van der Waals surface area contributed by atoms with Crippen LogP contribution in [-0.4, -0.2) is 9.13 Å². The van der Waals surface area contributed by atoms with Crippen molar-refractivity contribution in [3.05, 3.63) is 194 Å². The first kappa shape index (κ1) is 30.3. The van der Waals surface area contributed by atoms with Crippen LogP contribution in [0.15, 0.2) is 188 Å². The highest BCUT2D eigenvalue weighted by atomic mass is 15.0. The molecule has 12 rings (SSSR count). The first-order valence-corrected chi connectivity index (χ1v) is 19.1. The van der Waals surface area contributed by atoms with Crippen molar-refractivity contribution in [1.82, 2.24) is 9.13 Å². The van der Waals surface area contributed by atoms with Gasteiger partial charge in [-0.2, -0.15) is 0 Å². The van der Waals surface area contributed by atoms with E-state index in [1.165, 1.54) is 115 Å². The Kier molecular flexibility index (Phi) is 6.29. The number of nitrogens with zero attached hydrogens (tertiary/aromatic N) is 2. The van der Waals surface area contributed by atoms with Crippen LogP contribution in [0.5, 0.6) is 0 Å². The van der Waals surface area contributed by atoms with E-state index in [-0.39, 0.29) is 0 Å². The van der Waals surface area contributed by atoms with Gasteiger partial charge in [0, 0.05) is 48.8 Å². The highest BCUT2D eigenvalue weighted by Crippen LogP contribution is 2.51. The van der Waals surface area contributed by atoms with Crippen LogP contribution in [0.3, 0.4) is 0 Å². The van der Waals surface area contributed by atoms with Crippen molar-refractivity contribution < 1.29 is 0 Å². The molecule has 0 bridgehead atoms. The summed E-state index contributed by atoms with van der Waals surface area (Å²) in [7, 11) is 0. The summed E-state index contributed by atoms with van der Waals surface area (Å²) in [6, 6.07) is 69.5. The quantitative estimate of drug-likeness (QED) is 0.163. The van der Waals surface area contributed by atoms with Crippen LogP contribution in [0.25, 0.3) is 109 Å². The molecule has 10 aromatic carbocycles. The molecule has 0 unspecified atom stereocenters. The number of hydrogen-bond donors (Lipinski definition) is 0. The predicted molar refractivity (Wildman–Crippen MR) is 235 cm³/mol. The van der Waals surface area contributed by atoms with Crippen molar-refractivity contribution in [3.63, 3.8) is 0 Å². The molecule has 0 aliphatic rings. The standard InChI is InChI=1S/C53H34N2/c1-33-27-29-35(30-28-33)54-45-25-13-11-23-43(45)49-51-48(39-19-7-9-21-41(39)52(49)54)40-20-8-10-22-42(40)53-50(51)44-24-12-14-26-46(44)55(53)47-32-31-36(34-15-3-2-4-16-34)37-17-5-6-18-38(37)47/h2-32H,1H3. The maximum absolute atomic E-state index is 2.56. The van der Waals surface area contributed by atoms with Gasteiger partial charge in [-0.25, -0.2) is 0 Å². The Labute approximate surface area is 317 Å². The van der Waals surface area contributed by atoms with Gasteiger partial charge in [-0.3, -0.25) is 0 Å². The molecule has 2 nitrogen and oxygen atoms in total. The molecule has 256 valence electrons. The topological polar surface area (TPSA) is 9.86 Å². The van der Waals surface area contributed by atoms with Gasteiger partial charge in [-0.15, -0.1) is 0 Å². The van der Waals surface area contributed by atoms with Crippen LogP contribution in [0.4, 0.5) is 0 Å². The molecule has 2 aromatic heterocycles. The van der Waals surface area contributed by atoms with Crippen molar-refractivity contribution in [2.45, 2.75) is 6.92 Å². The molecule has 0 aliphatic carbocycles. The summed E-state index contributed by atoms with van der Waals surface area (Å²) in [5.74, 6) is 0. The number of rotatable bonds is 3. The molecule has 55 heavy (non-hydrogen) atoms. The number of aryl methyl sites for hydroxylation is 1. The summed E-state index contributed by atoms with van der Waals surface area (Å²) < 4.78 is 5.06. The minimum atomic E-state index is 1.17. The van der Waals surface area contributed by atoms with E-state index >= 15 is 0 Å². The van der Waals surface area contributed by atoms with Crippen LogP contribution in [0.1, 0.15) is 5.56 Å². The van der Waals surface area contributed by atoms with Crippen molar-refractivity contribution in [1.29, 1.82) is 0 Å². The Hall–Kier alpha value is -7.16. The molecular formula is C53H34N2. The third-order valence-electron chi connectivity index (χ3n) is 11.9. The van der Waals surface area contributed by atoms with Crippen molar-refractivity contribution in [2.75, 3.05) is 0 Å². The molecule has 0 saturated carbocycles. The second kappa shape index (κ2) is 11.4. The van der Waals surface area contributed by atoms with Crippen LogP contribution >= 0.6 is 0 Å². The molecule has 0 amide bonds. The normalized spacial score (nSPS) is 12.1. The molecule has 0 atom stereocenters. The van der Waals surface area contributed by atoms with Crippen LogP contribution in [0, 0.1) is 6.92 Å². The Bertz CT molecular complexity index is 3530. The molecule has 12 aromatic rings. The fourth-order valence-corrected chi connectivity index (χ4v) is 9.66. The monoisotopic (exact) mass is 698 g/mol. The van der Waals surface area contributed by atoms with Crippen LogP contribution in [0.2, 0.25) is 0 Å². The van der Waals surface area contributed by atoms with E-state index in [1.54, 1.807) is 0 Å². The maximum atomic E-state index is 2.56. The van der Waals surface area contributed by atoms with Crippen molar-refractivity contribution in [2.24, 2.45) is 0 Å². The first-order chi connectivity index (χ1) is 27.3. The van der Waals surface area contributed by atoms with Gasteiger partial charge in [0.25, 0.3) is 0 Å². The molecule has 2 heteroatoms. The Balaban J connectivity index is 1.36. The molecular weight excluding hydrogens is 665 g/mol. The molecule has 2 heterocycles. The van der Waals surface area contributed by atoms with Gasteiger partial charge in [0.2, 0.25) is 0 Å². The molecule has 0 fully saturated rings. The first-order valence-electron chi connectivity index (χ1n) is 19.1. The third-order valence-corrected chi connectivity index (χ3v) is 11.9. The lowest BCUT2D eigenvalue weighted by Crippen LogP contribution is -1.98. The maximum Gasteiger partial charge on any atom is 0.0626 e. The summed E-state index contributed by atoms with van der Waals surface area (Å²) in [5.41, 5.74) is 11.0. The van der Waals surface area contributed by atoms with Crippen LogP contribution in [-0.2, 0) is 0 Å². The Morgan fingerprint density at radius 2 is 0.782 bits per heavy atom. The minimum absolute atomic E-state index is 1.17. The van der Waals surface area contributed by atoms with Gasteiger partial charge in [-0.05, 0) is 69.9 Å². The summed E-state index contributed by atoms with van der Waals surface area (Å²) in [6.07, 6.45) is 0. The summed E-state index contributed by atoms with van der Waals surface area (Å²) in [5, 5.41) is 15.3. The zero-order chi connectivity index (χ0) is 36.2. The van der Waals surface area contributed by atoms with E-state index in [9.17, 15) is 0 Å². The fraction of sp³-hybridized carbons (Fsp3) is 0.0189. The highest BCUT2D eigenvalue weighted by molar-refractivity contribution is 6.45. The number of hydrogen-bond acceptors (Lipinski definition) is 0. The average Bonchev–Trinajstić information content (AvgIpc) is 3.78. The van der Waals surface area contributed by atoms with Gasteiger partial charge in [0.15, 0.2) is 0 Å². The van der Waals surface area contributed by atoms with Crippen molar-refractivity contribution >= 4 is 86.7 Å². The third kappa shape index (κ3) is 4.14. The van der Waals surface area contributed by atoms with E-state index < -0.39 is 0 Å². The second-order valence-electron chi connectivity index (χ2n) is 14.9. The molecule has 0 spiro atoms. The van der Waals surface area contributed by atoms with Crippen molar-refractivity contribution in [3.8, 4) is 22.5 Å². The number of aromatic nitrogens is 2. The lowest BCUT2D eigenvalue weighted by molar-refractivity contribution is 1.18. The van der Waals surface area contributed by atoms with E-state index in [4.69, 9.17) is 0 Å². The molecule has 0 aliphatic heterocycles. The van der Waals surface area contributed by atoms with Gasteiger partial charge in [-0.1, -0.05) is 163 Å². The van der Waals surface area contributed by atoms with Gasteiger partial charge in [0.05, 0.1) is 27.8 Å². The minimum Gasteiger partial charge on any atom is -0.309 e. The fourth-order valence-electron chi connectivity index (χ4n) is 9.66. The summed E-state index contributed by atoms with van der Waals surface area (Å²) in [6.45, 7) is 2.16. The van der Waals surface area contributed by atoms with Gasteiger partial charge >= 0.3 is 0 Å². The van der Waals surface area contributed by atoms with E-state index in [1.807, 2.05) is 0 Å². The summed E-state index contributed by atoms with van der Waals surface area (Å²) >= 11 is 0. The number of para-hydroxylation sites is 2. The van der Waals surface area contributed by atoms with E-state index in [0.29, 0.717) is 0 Å². The lowest BCUT2D eigenvalue weighted by Gasteiger charge is -2.18. The van der Waals surface area contributed by atoms with Gasteiger partial charge in [0.1, 0.15) is 0 Å². The SMILES string of the molecule is Cc1ccc(-n2c3ccccc3c3c4c(c5ccccc5c32)c2ccccc2c2c4c3ccccc3n2-c2ccc(-c3ccccc3)c3ccccc23)cc1. The predicted octanol–water partition coefficient (Wildman–Crippen LogP) is 14.5. The molecule has 0 N–H and O–H groups in total. The molecule has 0 radical (unpaired) electrons. The van der Waals surface area contributed by atoms with E-state index in [2.05, 4.69) is 204 Å².